The van der Waals surface area contributed by atoms with Crippen molar-refractivity contribution in [1.82, 2.24) is 5.32 Å². The summed E-state index contributed by atoms with van der Waals surface area (Å²) in [6.45, 7) is 3.72. The summed E-state index contributed by atoms with van der Waals surface area (Å²) in [6, 6.07) is 0. The van der Waals surface area contributed by atoms with E-state index in [1.54, 1.807) is 6.08 Å². The van der Waals surface area contributed by atoms with E-state index in [4.69, 9.17) is 5.11 Å². The lowest BCUT2D eigenvalue weighted by atomic mass is 10.3. The number of unbranched alkanes of at least 4 members (excludes halogenated alkanes) is 1. The molecule has 3 nitrogen and oxygen atoms in total. The lowest BCUT2D eigenvalue weighted by molar-refractivity contribution is -0.131. The van der Waals surface area contributed by atoms with Gasteiger partial charge < -0.3 is 10.4 Å². The number of carboxylic acid groups (broad SMARTS) is 1. The highest BCUT2D eigenvalue weighted by Gasteiger charge is 1.84. The summed E-state index contributed by atoms with van der Waals surface area (Å²) >= 11 is 0. The number of carboxylic acids is 1. The molecule has 0 aromatic rings. The van der Waals surface area contributed by atoms with Crippen molar-refractivity contribution >= 4 is 5.97 Å². The second kappa shape index (κ2) is 7.28. The summed E-state index contributed by atoms with van der Waals surface area (Å²) in [5.74, 6) is -0.887. The van der Waals surface area contributed by atoms with Crippen LogP contribution in [-0.2, 0) is 4.79 Å². The van der Waals surface area contributed by atoms with E-state index < -0.39 is 5.97 Å². The van der Waals surface area contributed by atoms with Crippen LogP contribution >= 0.6 is 0 Å². The summed E-state index contributed by atoms with van der Waals surface area (Å²) in [5.41, 5.74) is 0. The van der Waals surface area contributed by atoms with Gasteiger partial charge >= 0.3 is 5.97 Å². The number of aliphatic carboxylic acids is 1. The van der Waals surface area contributed by atoms with Gasteiger partial charge in [-0.2, -0.15) is 0 Å². The molecular weight excluding hydrogens is 142 g/mol. The lowest BCUT2D eigenvalue weighted by Crippen LogP contribution is -2.14. The molecule has 64 valence electrons. The van der Waals surface area contributed by atoms with Gasteiger partial charge in [0.15, 0.2) is 0 Å². The van der Waals surface area contributed by atoms with Gasteiger partial charge in [0, 0.05) is 12.6 Å². The second-order valence-corrected chi connectivity index (χ2v) is 2.30. The maximum Gasteiger partial charge on any atom is 0.328 e. The van der Waals surface area contributed by atoms with Gasteiger partial charge in [-0.15, -0.1) is 0 Å². The number of carbonyl (C=O) groups is 1. The normalized spacial score (nSPS) is 10.6. The van der Waals surface area contributed by atoms with Gasteiger partial charge in [-0.3, -0.25) is 0 Å². The summed E-state index contributed by atoms with van der Waals surface area (Å²) in [5, 5.41) is 11.3. The maximum absolute atomic E-state index is 9.97. The van der Waals surface area contributed by atoms with Crippen LogP contribution in [-0.4, -0.2) is 24.2 Å². The van der Waals surface area contributed by atoms with Gasteiger partial charge in [0.05, 0.1) is 0 Å². The Morgan fingerprint density at radius 1 is 1.64 bits per heavy atom. The highest BCUT2D eigenvalue weighted by atomic mass is 16.4. The lowest BCUT2D eigenvalue weighted by Gasteiger charge is -1.96. The van der Waals surface area contributed by atoms with Gasteiger partial charge in [0.25, 0.3) is 0 Å². The van der Waals surface area contributed by atoms with Crippen molar-refractivity contribution in [3.05, 3.63) is 12.2 Å². The summed E-state index contributed by atoms with van der Waals surface area (Å²) in [6.07, 6.45) is 5.06. The van der Waals surface area contributed by atoms with E-state index >= 15 is 0 Å². The number of rotatable bonds is 6. The van der Waals surface area contributed by atoms with Crippen LogP contribution < -0.4 is 5.32 Å². The molecule has 0 aromatic carbocycles. The van der Waals surface area contributed by atoms with Crippen LogP contribution in [0.15, 0.2) is 12.2 Å². The molecule has 0 spiro atoms. The Morgan fingerprint density at radius 2 is 2.36 bits per heavy atom. The average Bonchev–Trinajstić information content (AvgIpc) is 1.96. The van der Waals surface area contributed by atoms with Crippen LogP contribution in [0.1, 0.15) is 19.8 Å². The molecule has 0 rings (SSSR count). The first kappa shape index (κ1) is 10.2. The minimum Gasteiger partial charge on any atom is -0.478 e. The fourth-order valence-corrected chi connectivity index (χ4v) is 0.647. The van der Waals surface area contributed by atoms with Crippen molar-refractivity contribution in [1.29, 1.82) is 0 Å². The molecule has 0 heterocycles. The highest BCUT2D eigenvalue weighted by Crippen LogP contribution is 1.81. The summed E-state index contributed by atoms with van der Waals surface area (Å²) in [4.78, 5) is 9.97. The molecular formula is C8H15NO2. The minimum atomic E-state index is -0.887. The van der Waals surface area contributed by atoms with Crippen molar-refractivity contribution in [2.45, 2.75) is 19.8 Å². The third-order valence-corrected chi connectivity index (χ3v) is 1.23. The van der Waals surface area contributed by atoms with Crippen LogP contribution in [0.25, 0.3) is 0 Å². The van der Waals surface area contributed by atoms with Crippen LogP contribution in [0, 0.1) is 0 Å². The van der Waals surface area contributed by atoms with E-state index in [1.807, 2.05) is 0 Å². The fraction of sp³-hybridized carbons (Fsp3) is 0.625. The number of hydrogen-bond donors (Lipinski definition) is 2. The van der Waals surface area contributed by atoms with Crippen molar-refractivity contribution in [2.24, 2.45) is 0 Å². The first-order valence-corrected chi connectivity index (χ1v) is 3.87. The minimum absolute atomic E-state index is 0.645. The summed E-state index contributed by atoms with van der Waals surface area (Å²) in [7, 11) is 0. The number of hydrogen-bond acceptors (Lipinski definition) is 2. The van der Waals surface area contributed by atoms with E-state index in [0.29, 0.717) is 6.54 Å². The van der Waals surface area contributed by atoms with Gasteiger partial charge in [-0.05, 0) is 13.0 Å². The van der Waals surface area contributed by atoms with Crippen molar-refractivity contribution in [3.63, 3.8) is 0 Å². The third kappa shape index (κ3) is 9.17. The Balaban J connectivity index is 3.07. The van der Waals surface area contributed by atoms with Gasteiger partial charge in [0.1, 0.15) is 0 Å². The van der Waals surface area contributed by atoms with Crippen LogP contribution in [0.2, 0.25) is 0 Å². The molecule has 0 unspecified atom stereocenters. The van der Waals surface area contributed by atoms with E-state index in [9.17, 15) is 4.79 Å². The van der Waals surface area contributed by atoms with E-state index in [2.05, 4.69) is 12.2 Å². The Bertz CT molecular complexity index is 132. The molecule has 2 N–H and O–H groups in total. The van der Waals surface area contributed by atoms with Crippen LogP contribution in [0.5, 0.6) is 0 Å². The molecule has 0 aliphatic carbocycles. The Hall–Kier alpha value is -0.830. The van der Waals surface area contributed by atoms with E-state index in [1.165, 1.54) is 0 Å². The quantitative estimate of drug-likeness (QED) is 0.447. The van der Waals surface area contributed by atoms with Crippen molar-refractivity contribution in [3.8, 4) is 0 Å². The SMILES string of the molecule is CCCCNCC=CC(=O)O. The van der Waals surface area contributed by atoms with E-state index in [-0.39, 0.29) is 0 Å². The molecule has 0 aromatic heterocycles. The summed E-state index contributed by atoms with van der Waals surface area (Å²) < 4.78 is 0. The molecule has 0 amide bonds. The molecule has 0 saturated heterocycles. The molecule has 11 heavy (non-hydrogen) atoms. The highest BCUT2D eigenvalue weighted by molar-refractivity contribution is 5.79. The molecule has 0 bridgehead atoms. The standard InChI is InChI=1S/C8H15NO2/c1-2-3-6-9-7-4-5-8(10)11/h4-5,9H,2-3,6-7H2,1H3,(H,10,11). The topological polar surface area (TPSA) is 49.3 Å². The maximum atomic E-state index is 9.97. The monoisotopic (exact) mass is 157 g/mol. The smallest absolute Gasteiger partial charge is 0.328 e. The number of nitrogens with one attached hydrogen (secondary N) is 1. The Kier molecular flexibility index (Phi) is 6.73. The van der Waals surface area contributed by atoms with E-state index in [0.717, 1.165) is 25.5 Å². The molecule has 0 radical (unpaired) electrons. The first-order valence-electron chi connectivity index (χ1n) is 3.87. The van der Waals surface area contributed by atoms with Gasteiger partial charge in [-0.25, -0.2) is 4.79 Å². The van der Waals surface area contributed by atoms with Gasteiger partial charge in [0.2, 0.25) is 0 Å². The molecule has 3 heteroatoms. The zero-order valence-electron chi connectivity index (χ0n) is 6.84. The molecule has 0 aliphatic rings. The average molecular weight is 157 g/mol. The molecule has 0 atom stereocenters. The van der Waals surface area contributed by atoms with Crippen molar-refractivity contribution in [2.75, 3.05) is 13.1 Å². The Labute approximate surface area is 67.1 Å². The predicted octanol–water partition coefficient (Wildman–Crippen LogP) is 1.02. The second-order valence-electron chi connectivity index (χ2n) is 2.30. The van der Waals surface area contributed by atoms with Gasteiger partial charge in [-0.1, -0.05) is 19.4 Å². The molecule has 0 saturated carbocycles. The molecule has 0 fully saturated rings. The first-order chi connectivity index (χ1) is 5.27. The third-order valence-electron chi connectivity index (χ3n) is 1.23. The zero-order chi connectivity index (χ0) is 8.53. The van der Waals surface area contributed by atoms with Crippen LogP contribution in [0.3, 0.4) is 0 Å². The molecule has 0 aliphatic heterocycles. The largest absolute Gasteiger partial charge is 0.478 e. The predicted molar refractivity (Wildman–Crippen MR) is 44.6 cm³/mol. The van der Waals surface area contributed by atoms with Crippen molar-refractivity contribution < 1.29 is 9.90 Å². The zero-order valence-corrected chi connectivity index (χ0v) is 6.84. The fourth-order valence-electron chi connectivity index (χ4n) is 0.647. The van der Waals surface area contributed by atoms with Crippen LogP contribution in [0.4, 0.5) is 0 Å². The Morgan fingerprint density at radius 3 is 2.91 bits per heavy atom.